The van der Waals surface area contributed by atoms with Gasteiger partial charge < -0.3 is 0 Å². The summed E-state index contributed by atoms with van der Waals surface area (Å²) in [6.45, 7) is 5.78. The van der Waals surface area contributed by atoms with Crippen molar-refractivity contribution >= 4 is 26.7 Å². The van der Waals surface area contributed by atoms with Crippen LogP contribution in [0.1, 0.15) is 16.7 Å². The molecule has 0 saturated heterocycles. The van der Waals surface area contributed by atoms with E-state index in [-0.39, 0.29) is 4.90 Å². The fraction of sp³-hybridized carbons (Fsp3) is 0.143. The van der Waals surface area contributed by atoms with Gasteiger partial charge in [-0.05, 0) is 62.7 Å². The third-order valence-corrected chi connectivity index (χ3v) is 5.95. The molecule has 0 amide bonds. The lowest BCUT2D eigenvalue weighted by Gasteiger charge is -2.10. The van der Waals surface area contributed by atoms with E-state index in [0.717, 1.165) is 22.4 Å². The number of aryl methyl sites for hydroxylation is 3. The van der Waals surface area contributed by atoms with Gasteiger partial charge in [-0.3, -0.25) is 4.72 Å². The summed E-state index contributed by atoms with van der Waals surface area (Å²) in [6.07, 6.45) is 0. The van der Waals surface area contributed by atoms with Crippen molar-refractivity contribution in [3.05, 3.63) is 77.4 Å². The van der Waals surface area contributed by atoms with Crippen molar-refractivity contribution in [1.82, 2.24) is 15.0 Å². The second-order valence-corrected chi connectivity index (χ2v) is 8.58. The molecule has 1 N–H and O–H groups in total. The maximum absolute atomic E-state index is 12.7. The average Bonchev–Trinajstić information content (AvgIpc) is 3.05. The zero-order valence-corrected chi connectivity index (χ0v) is 16.7. The highest BCUT2D eigenvalue weighted by Crippen LogP contribution is 2.25. The molecule has 4 aromatic rings. The van der Waals surface area contributed by atoms with E-state index in [2.05, 4.69) is 14.9 Å². The summed E-state index contributed by atoms with van der Waals surface area (Å²) < 4.78 is 28.1. The monoisotopic (exact) mass is 392 g/mol. The van der Waals surface area contributed by atoms with E-state index in [1.165, 1.54) is 0 Å². The molecule has 0 saturated carbocycles. The maximum Gasteiger partial charge on any atom is 0.261 e. The first-order valence-electron chi connectivity index (χ1n) is 8.86. The summed E-state index contributed by atoms with van der Waals surface area (Å²) in [5.74, 6) is 0. The van der Waals surface area contributed by atoms with Gasteiger partial charge in [-0.1, -0.05) is 35.4 Å². The van der Waals surface area contributed by atoms with E-state index in [0.29, 0.717) is 16.7 Å². The van der Waals surface area contributed by atoms with Crippen molar-refractivity contribution in [2.24, 2.45) is 0 Å². The summed E-state index contributed by atoms with van der Waals surface area (Å²) in [5.41, 5.74) is 5.60. The van der Waals surface area contributed by atoms with Gasteiger partial charge in [-0.25, -0.2) is 8.42 Å². The van der Waals surface area contributed by atoms with Crippen molar-refractivity contribution in [2.45, 2.75) is 25.7 Å². The lowest BCUT2D eigenvalue weighted by atomic mass is 10.2. The summed E-state index contributed by atoms with van der Waals surface area (Å²) in [4.78, 5) is 1.78. The number of rotatable bonds is 4. The van der Waals surface area contributed by atoms with Crippen molar-refractivity contribution in [2.75, 3.05) is 4.72 Å². The molecule has 0 fully saturated rings. The first kappa shape index (κ1) is 18.2. The normalized spacial score (nSPS) is 11.7. The molecule has 0 unspecified atom stereocenters. The molecule has 0 aliphatic heterocycles. The number of fused-ring (bicyclic) bond motifs is 1. The molecule has 0 spiro atoms. The lowest BCUT2D eigenvalue weighted by Crippen LogP contribution is -2.13. The molecule has 7 heteroatoms. The fourth-order valence-electron chi connectivity index (χ4n) is 2.89. The molecule has 0 bridgehead atoms. The number of nitrogens with zero attached hydrogens (tertiary/aromatic N) is 3. The summed E-state index contributed by atoms with van der Waals surface area (Å²) >= 11 is 0. The molecule has 28 heavy (non-hydrogen) atoms. The van der Waals surface area contributed by atoms with Crippen LogP contribution in [0.15, 0.2) is 65.6 Å². The Morgan fingerprint density at radius 1 is 0.786 bits per heavy atom. The Balaban J connectivity index is 1.71. The molecule has 1 aromatic heterocycles. The zero-order chi connectivity index (χ0) is 19.9. The minimum absolute atomic E-state index is 0.223. The third-order valence-electron chi connectivity index (χ3n) is 4.57. The van der Waals surface area contributed by atoms with E-state index in [1.807, 2.05) is 51.1 Å². The Morgan fingerprint density at radius 2 is 1.32 bits per heavy atom. The highest BCUT2D eigenvalue weighted by Gasteiger charge is 2.16. The number of aromatic nitrogens is 3. The summed E-state index contributed by atoms with van der Waals surface area (Å²) in [6, 6.07) is 18.2. The number of hydrogen-bond donors (Lipinski definition) is 1. The van der Waals surface area contributed by atoms with Gasteiger partial charge in [0.1, 0.15) is 11.0 Å². The smallest absolute Gasteiger partial charge is 0.261 e. The van der Waals surface area contributed by atoms with Crippen LogP contribution >= 0.6 is 0 Å². The quantitative estimate of drug-likeness (QED) is 0.566. The molecule has 0 aliphatic rings. The first-order valence-corrected chi connectivity index (χ1v) is 10.3. The average molecular weight is 392 g/mol. The largest absolute Gasteiger partial charge is 0.279 e. The molecular formula is C21H20N4O2S. The number of nitrogens with one attached hydrogen (secondary N) is 1. The van der Waals surface area contributed by atoms with Gasteiger partial charge in [0, 0.05) is 0 Å². The predicted octanol–water partition coefficient (Wildman–Crippen LogP) is 4.15. The highest BCUT2D eigenvalue weighted by atomic mass is 32.2. The van der Waals surface area contributed by atoms with Crippen LogP contribution in [0, 0.1) is 20.8 Å². The second kappa shape index (κ2) is 6.76. The Morgan fingerprint density at radius 3 is 1.93 bits per heavy atom. The molecule has 6 nitrogen and oxygen atoms in total. The number of sulfonamides is 1. The molecule has 142 valence electrons. The maximum atomic E-state index is 12.7. The van der Waals surface area contributed by atoms with E-state index in [1.54, 1.807) is 35.1 Å². The summed E-state index contributed by atoms with van der Waals surface area (Å²) in [7, 11) is -3.68. The van der Waals surface area contributed by atoms with Crippen LogP contribution in [-0.4, -0.2) is 23.4 Å². The molecule has 1 heterocycles. The zero-order valence-electron chi connectivity index (χ0n) is 15.8. The Hall–Kier alpha value is -3.19. The number of benzene rings is 3. The molecular weight excluding hydrogens is 372 g/mol. The van der Waals surface area contributed by atoms with Gasteiger partial charge in [0.2, 0.25) is 0 Å². The van der Waals surface area contributed by atoms with E-state index < -0.39 is 10.0 Å². The van der Waals surface area contributed by atoms with Crippen LogP contribution < -0.4 is 4.72 Å². The lowest BCUT2D eigenvalue weighted by molar-refractivity contribution is 0.601. The van der Waals surface area contributed by atoms with Crippen molar-refractivity contribution in [3.8, 4) is 5.69 Å². The molecule has 4 rings (SSSR count). The van der Waals surface area contributed by atoms with Crippen molar-refractivity contribution in [3.63, 3.8) is 0 Å². The molecule has 0 aliphatic carbocycles. The predicted molar refractivity (Wildman–Crippen MR) is 110 cm³/mol. The van der Waals surface area contributed by atoms with Crippen LogP contribution in [0.4, 0.5) is 5.69 Å². The first-order chi connectivity index (χ1) is 13.3. The summed E-state index contributed by atoms with van der Waals surface area (Å²) in [5, 5.41) is 9.01. The minimum Gasteiger partial charge on any atom is -0.279 e. The van der Waals surface area contributed by atoms with Gasteiger partial charge >= 0.3 is 0 Å². The Kier molecular flexibility index (Phi) is 4.39. The molecule has 3 aromatic carbocycles. The van der Waals surface area contributed by atoms with Crippen LogP contribution in [0.5, 0.6) is 0 Å². The Bertz CT molecular complexity index is 1260. The van der Waals surface area contributed by atoms with E-state index in [9.17, 15) is 8.42 Å². The van der Waals surface area contributed by atoms with Gasteiger partial charge in [0.05, 0.1) is 16.3 Å². The third kappa shape index (κ3) is 3.48. The van der Waals surface area contributed by atoms with Gasteiger partial charge in [0.15, 0.2) is 0 Å². The fourth-order valence-corrected chi connectivity index (χ4v) is 4.01. The van der Waals surface area contributed by atoms with Gasteiger partial charge in [-0.2, -0.15) is 4.80 Å². The standard InChI is InChI=1S/C21H20N4O2S/c1-14-4-8-17(9-5-14)25-22-20-12-16(3)19(13-21(20)23-25)24-28(26,27)18-10-6-15(2)7-11-18/h4-13,24H,1-3H3. The topological polar surface area (TPSA) is 76.9 Å². The Labute approximate surface area is 163 Å². The second-order valence-electron chi connectivity index (χ2n) is 6.90. The SMILES string of the molecule is Cc1ccc(-n2nc3cc(C)c(NS(=O)(=O)c4ccc(C)cc4)cc3n2)cc1. The van der Waals surface area contributed by atoms with E-state index in [4.69, 9.17) is 0 Å². The molecule has 0 radical (unpaired) electrons. The highest BCUT2D eigenvalue weighted by molar-refractivity contribution is 7.92. The minimum atomic E-state index is -3.68. The van der Waals surface area contributed by atoms with Crippen LogP contribution in [0.2, 0.25) is 0 Å². The van der Waals surface area contributed by atoms with Crippen molar-refractivity contribution < 1.29 is 8.42 Å². The van der Waals surface area contributed by atoms with Gasteiger partial charge in [-0.15, -0.1) is 10.2 Å². The van der Waals surface area contributed by atoms with Gasteiger partial charge in [0.25, 0.3) is 10.0 Å². The van der Waals surface area contributed by atoms with E-state index >= 15 is 0 Å². The number of anilines is 1. The van der Waals surface area contributed by atoms with Crippen LogP contribution in [-0.2, 0) is 10.0 Å². The van der Waals surface area contributed by atoms with Crippen LogP contribution in [0.3, 0.4) is 0 Å². The number of hydrogen-bond acceptors (Lipinski definition) is 4. The van der Waals surface area contributed by atoms with Crippen LogP contribution in [0.25, 0.3) is 16.7 Å². The van der Waals surface area contributed by atoms with Crippen molar-refractivity contribution in [1.29, 1.82) is 0 Å². The molecule has 0 atom stereocenters.